The number of methoxy groups -OCH3 is 2. The smallest absolute Gasteiger partial charge is 0.254 e. The predicted molar refractivity (Wildman–Crippen MR) is 178 cm³/mol. The summed E-state index contributed by atoms with van der Waals surface area (Å²) in [5, 5.41) is 4.25. The number of nitrogens with zero attached hydrogens (tertiary/aromatic N) is 5. The van der Waals surface area contributed by atoms with Gasteiger partial charge in [-0.05, 0) is 89.0 Å². The molecule has 4 fully saturated rings. The number of hydrogen-bond acceptors (Lipinski definition) is 7. The molecule has 0 aromatic carbocycles. The maximum atomic E-state index is 13.8. The van der Waals surface area contributed by atoms with E-state index in [1.807, 2.05) is 41.3 Å². The van der Waals surface area contributed by atoms with Crippen LogP contribution in [0.5, 0.6) is 5.88 Å². The van der Waals surface area contributed by atoms with Gasteiger partial charge in [-0.2, -0.15) is 0 Å². The minimum Gasteiger partial charge on any atom is -0.482 e. The van der Waals surface area contributed by atoms with Gasteiger partial charge in [0.25, 0.3) is 5.91 Å². The van der Waals surface area contributed by atoms with Crippen molar-refractivity contribution in [1.29, 1.82) is 0 Å². The van der Waals surface area contributed by atoms with Crippen LogP contribution in [0.3, 0.4) is 0 Å². The third kappa shape index (κ3) is 4.92. The minimum atomic E-state index is -0.431. The standard InChI is InChI=1S/C36H45N7O4/c1-20(38-35(45)36(19-46-3)12-5-13-36)27-10-8-23-14-29(41(33(23)39-27)18-22-6-7-22)32-21(2)42-30(40-32)15-24(16-31(42)47-4)34(44)43-25-9-11-28(43)26(37)17-25/h8,10,14-16,20,22,25-26,28H,5-7,9,11-13,17-19,37H2,1-4H3,(H,38,45)/t20-,25+,26-,28-/m1/s1. The highest BCUT2D eigenvalue weighted by Gasteiger charge is 2.47. The lowest BCUT2D eigenvalue weighted by Crippen LogP contribution is -2.49. The van der Waals surface area contributed by atoms with Gasteiger partial charge in [0.2, 0.25) is 5.91 Å². The first kappa shape index (κ1) is 30.4. The van der Waals surface area contributed by atoms with E-state index in [0.717, 1.165) is 78.9 Å². The lowest BCUT2D eigenvalue weighted by molar-refractivity contribution is -0.141. The third-order valence-electron chi connectivity index (χ3n) is 11.3. The van der Waals surface area contributed by atoms with Crippen LogP contribution in [0.25, 0.3) is 28.1 Å². The fourth-order valence-electron chi connectivity index (χ4n) is 8.36. The predicted octanol–water partition coefficient (Wildman–Crippen LogP) is 4.78. The van der Waals surface area contributed by atoms with Gasteiger partial charge in [-0.15, -0.1) is 0 Å². The summed E-state index contributed by atoms with van der Waals surface area (Å²) in [5.74, 6) is 1.21. The lowest BCUT2D eigenvalue weighted by atomic mass is 9.68. The van der Waals surface area contributed by atoms with Crippen molar-refractivity contribution in [2.75, 3.05) is 20.8 Å². The number of fused-ring (bicyclic) bond motifs is 4. The van der Waals surface area contributed by atoms with Crippen molar-refractivity contribution in [3.05, 3.63) is 47.3 Å². The Morgan fingerprint density at radius 3 is 2.55 bits per heavy atom. The van der Waals surface area contributed by atoms with Crippen LogP contribution in [-0.4, -0.2) is 74.6 Å². The normalized spacial score (nSPS) is 23.8. The van der Waals surface area contributed by atoms with Crippen LogP contribution in [0.1, 0.15) is 86.1 Å². The average Bonchev–Trinajstić information content (AvgIpc) is 3.36. The molecule has 0 unspecified atom stereocenters. The molecule has 4 aromatic rings. The maximum Gasteiger partial charge on any atom is 0.254 e. The summed E-state index contributed by atoms with van der Waals surface area (Å²) in [6.45, 7) is 5.33. The summed E-state index contributed by atoms with van der Waals surface area (Å²) in [6.07, 6.45) is 7.98. The molecule has 8 rings (SSSR count). The molecular weight excluding hydrogens is 594 g/mol. The van der Waals surface area contributed by atoms with Gasteiger partial charge in [0, 0.05) is 48.8 Å². The van der Waals surface area contributed by atoms with Crippen LogP contribution in [0.4, 0.5) is 0 Å². The average molecular weight is 640 g/mol. The number of ether oxygens (including phenoxy) is 2. The van der Waals surface area contributed by atoms with Crippen LogP contribution < -0.4 is 15.8 Å². The topological polar surface area (TPSA) is 129 Å². The van der Waals surface area contributed by atoms with Crippen LogP contribution in [0.15, 0.2) is 30.3 Å². The molecule has 2 saturated carbocycles. The number of amides is 2. The molecule has 2 aliphatic heterocycles. The Balaban J connectivity index is 1.16. The molecule has 0 spiro atoms. The molecule has 11 heteroatoms. The molecule has 4 aromatic heterocycles. The van der Waals surface area contributed by atoms with E-state index in [4.69, 9.17) is 25.2 Å². The second-order valence-electron chi connectivity index (χ2n) is 14.4. The summed E-state index contributed by atoms with van der Waals surface area (Å²) in [6, 6.07) is 10.1. The van der Waals surface area contributed by atoms with E-state index in [9.17, 15) is 9.59 Å². The van der Waals surface area contributed by atoms with Crippen molar-refractivity contribution >= 4 is 28.5 Å². The zero-order chi connectivity index (χ0) is 32.6. The minimum absolute atomic E-state index is 0.000287. The first-order valence-corrected chi connectivity index (χ1v) is 17.2. The Morgan fingerprint density at radius 2 is 1.91 bits per heavy atom. The Kier molecular flexibility index (Phi) is 7.33. The lowest BCUT2D eigenvalue weighted by Gasteiger charge is -2.40. The molecule has 4 atom stereocenters. The van der Waals surface area contributed by atoms with Gasteiger partial charge in [-0.3, -0.25) is 14.0 Å². The second kappa shape index (κ2) is 11.3. The van der Waals surface area contributed by atoms with E-state index in [1.54, 1.807) is 14.2 Å². The molecule has 2 saturated heterocycles. The zero-order valence-electron chi connectivity index (χ0n) is 27.8. The number of hydrogen-bond donors (Lipinski definition) is 2. The van der Waals surface area contributed by atoms with Crippen LogP contribution in [0.2, 0.25) is 0 Å². The largest absolute Gasteiger partial charge is 0.482 e. The van der Waals surface area contributed by atoms with E-state index in [0.29, 0.717) is 29.6 Å². The monoisotopic (exact) mass is 639 g/mol. The molecule has 248 valence electrons. The first-order chi connectivity index (χ1) is 22.7. The third-order valence-corrected chi connectivity index (χ3v) is 11.3. The number of aromatic nitrogens is 4. The van der Waals surface area contributed by atoms with E-state index in [2.05, 4.69) is 22.0 Å². The number of carbonyl (C=O) groups is 2. The van der Waals surface area contributed by atoms with Gasteiger partial charge in [0.1, 0.15) is 17.0 Å². The van der Waals surface area contributed by atoms with E-state index < -0.39 is 5.41 Å². The quantitative estimate of drug-likeness (QED) is 0.256. The summed E-state index contributed by atoms with van der Waals surface area (Å²) in [4.78, 5) is 39.4. The SMILES string of the molecule is COCC1(C(=O)N[C@H](C)c2ccc3cc(-c4nc5cc(C(=O)N6[C@H]7CC[C@@H]6[C@H](N)C7)cc(OC)n5c4C)n(CC4CC4)c3n2)CCC1. The highest BCUT2D eigenvalue weighted by Crippen LogP contribution is 2.42. The summed E-state index contributed by atoms with van der Waals surface area (Å²) < 4.78 is 15.5. The van der Waals surface area contributed by atoms with Crippen LogP contribution >= 0.6 is 0 Å². The first-order valence-electron chi connectivity index (χ1n) is 17.2. The number of rotatable bonds is 10. The molecule has 2 aliphatic carbocycles. The highest BCUT2D eigenvalue weighted by molar-refractivity contribution is 5.97. The van der Waals surface area contributed by atoms with Gasteiger partial charge in [-0.1, -0.05) is 6.42 Å². The molecule has 0 radical (unpaired) electrons. The Bertz CT molecular complexity index is 1890. The zero-order valence-corrected chi connectivity index (χ0v) is 27.8. The maximum absolute atomic E-state index is 13.8. The van der Waals surface area contributed by atoms with Crippen molar-refractivity contribution in [3.63, 3.8) is 0 Å². The van der Waals surface area contributed by atoms with Crippen molar-refractivity contribution in [2.45, 2.75) is 95.9 Å². The molecule has 6 heterocycles. The number of nitrogens with one attached hydrogen (secondary N) is 1. The van der Waals surface area contributed by atoms with Crippen molar-refractivity contribution < 1.29 is 19.1 Å². The molecule has 3 N–H and O–H groups in total. The summed E-state index contributed by atoms with van der Waals surface area (Å²) in [7, 11) is 3.29. The Morgan fingerprint density at radius 1 is 1.11 bits per heavy atom. The van der Waals surface area contributed by atoms with Crippen molar-refractivity contribution in [1.82, 2.24) is 29.2 Å². The van der Waals surface area contributed by atoms with Gasteiger partial charge < -0.3 is 30.0 Å². The molecular formula is C36H45N7O4. The van der Waals surface area contributed by atoms with Gasteiger partial charge in [0.05, 0.1) is 42.3 Å². The van der Waals surface area contributed by atoms with E-state index >= 15 is 0 Å². The number of aryl methyl sites for hydroxylation is 1. The molecule has 47 heavy (non-hydrogen) atoms. The number of carbonyl (C=O) groups excluding carboxylic acids is 2. The number of imidazole rings is 1. The number of pyridine rings is 2. The van der Waals surface area contributed by atoms with E-state index in [-0.39, 0.29) is 36.0 Å². The molecule has 4 aliphatic rings. The van der Waals surface area contributed by atoms with Crippen molar-refractivity contribution in [2.24, 2.45) is 17.1 Å². The van der Waals surface area contributed by atoms with E-state index in [1.165, 1.54) is 12.8 Å². The van der Waals surface area contributed by atoms with Crippen LogP contribution in [-0.2, 0) is 16.1 Å². The fourth-order valence-corrected chi connectivity index (χ4v) is 8.36. The molecule has 2 bridgehead atoms. The number of nitrogens with two attached hydrogens (primary N) is 1. The summed E-state index contributed by atoms with van der Waals surface area (Å²) >= 11 is 0. The van der Waals surface area contributed by atoms with Gasteiger partial charge in [-0.25, -0.2) is 9.97 Å². The molecule has 2 amide bonds. The Labute approximate surface area is 274 Å². The van der Waals surface area contributed by atoms with Gasteiger partial charge in [0.15, 0.2) is 5.88 Å². The van der Waals surface area contributed by atoms with Crippen LogP contribution in [0, 0.1) is 18.3 Å². The van der Waals surface area contributed by atoms with Gasteiger partial charge >= 0.3 is 0 Å². The molecule has 11 nitrogen and oxygen atoms in total. The highest BCUT2D eigenvalue weighted by atomic mass is 16.5. The second-order valence-corrected chi connectivity index (χ2v) is 14.4. The van der Waals surface area contributed by atoms with Crippen molar-refractivity contribution in [3.8, 4) is 17.3 Å². The summed E-state index contributed by atoms with van der Waals surface area (Å²) in [5.41, 5.74) is 11.7. The Hall–Kier alpha value is -3.96. The fraction of sp³-hybridized carbons (Fsp3) is 0.556.